The predicted octanol–water partition coefficient (Wildman–Crippen LogP) is 4.07. The largest absolute Gasteiger partial charge is 0.508 e. The average Bonchev–Trinajstić information content (AvgIpc) is 3.26. The summed E-state index contributed by atoms with van der Waals surface area (Å²) in [5.41, 5.74) is 5.39. The van der Waals surface area contributed by atoms with Gasteiger partial charge in [-0.25, -0.2) is 9.97 Å². The molecule has 0 aliphatic carbocycles. The van der Waals surface area contributed by atoms with Crippen molar-refractivity contribution in [2.24, 2.45) is 0 Å². The van der Waals surface area contributed by atoms with Crippen LogP contribution in [0.4, 0.5) is 11.5 Å². The Morgan fingerprint density at radius 2 is 1.83 bits per heavy atom. The van der Waals surface area contributed by atoms with Crippen molar-refractivity contribution in [3.63, 3.8) is 0 Å². The molecule has 9 nitrogen and oxygen atoms in total. The zero-order chi connectivity index (χ0) is 25.8. The number of phenolic OH excluding ortho intramolecular Hbond substituents is 1. The second-order valence-electron chi connectivity index (χ2n) is 8.94. The van der Waals surface area contributed by atoms with E-state index in [2.05, 4.69) is 21.5 Å². The van der Waals surface area contributed by atoms with Gasteiger partial charge < -0.3 is 20.4 Å². The summed E-state index contributed by atoms with van der Waals surface area (Å²) in [4.78, 5) is 11.6. The maximum absolute atomic E-state index is 10.2. The van der Waals surface area contributed by atoms with Crippen LogP contribution < -0.4 is 10.2 Å². The highest BCUT2D eigenvalue weighted by Crippen LogP contribution is 2.34. The molecule has 0 radical (unpaired) electrons. The average molecular weight is 484 g/mol. The molecular weight excluding hydrogens is 454 g/mol. The molecule has 36 heavy (non-hydrogen) atoms. The van der Waals surface area contributed by atoms with Gasteiger partial charge in [-0.2, -0.15) is 10.4 Å². The first-order valence-electron chi connectivity index (χ1n) is 11.6. The quantitative estimate of drug-likeness (QED) is 0.343. The van der Waals surface area contributed by atoms with Crippen LogP contribution in [0.15, 0.2) is 54.7 Å². The minimum absolute atomic E-state index is 0.0713. The molecule has 3 N–H and O–H groups in total. The fourth-order valence-corrected chi connectivity index (χ4v) is 3.84. The van der Waals surface area contributed by atoms with E-state index in [1.807, 2.05) is 56.3 Å². The SMILES string of the molecule is Cc1cc(O)cc(-c2nn(CC#N)cc2-c2cc(NC[C@H](C)O)nc(-c3ccc(N(C)C)cc3)n2)c1. The fraction of sp³-hybridized carbons (Fsp3) is 0.259. The Labute approximate surface area is 210 Å². The van der Waals surface area contributed by atoms with Crippen LogP contribution in [-0.2, 0) is 6.54 Å². The van der Waals surface area contributed by atoms with Crippen molar-refractivity contribution in [2.75, 3.05) is 30.9 Å². The highest BCUT2D eigenvalue weighted by Gasteiger charge is 2.18. The van der Waals surface area contributed by atoms with Crippen LogP contribution in [0.3, 0.4) is 0 Å². The second-order valence-corrected chi connectivity index (χ2v) is 8.94. The number of nitriles is 1. The van der Waals surface area contributed by atoms with Gasteiger partial charge >= 0.3 is 0 Å². The lowest BCUT2D eigenvalue weighted by molar-refractivity contribution is 0.208. The van der Waals surface area contributed by atoms with Gasteiger partial charge in [0.2, 0.25) is 0 Å². The predicted molar refractivity (Wildman–Crippen MR) is 141 cm³/mol. The Morgan fingerprint density at radius 3 is 2.47 bits per heavy atom. The van der Waals surface area contributed by atoms with Crippen LogP contribution in [0.25, 0.3) is 33.9 Å². The third kappa shape index (κ3) is 5.62. The van der Waals surface area contributed by atoms with Crippen LogP contribution in [-0.4, -0.2) is 56.7 Å². The van der Waals surface area contributed by atoms with Crippen LogP contribution >= 0.6 is 0 Å². The molecule has 0 aliphatic rings. The highest BCUT2D eigenvalue weighted by molar-refractivity contribution is 5.81. The van der Waals surface area contributed by atoms with E-state index in [0.717, 1.165) is 16.8 Å². The summed E-state index contributed by atoms with van der Waals surface area (Å²) in [7, 11) is 3.96. The number of hydrogen-bond acceptors (Lipinski definition) is 8. The van der Waals surface area contributed by atoms with Gasteiger partial charge in [0.05, 0.1) is 17.9 Å². The van der Waals surface area contributed by atoms with Crippen molar-refractivity contribution in [2.45, 2.75) is 26.5 Å². The van der Waals surface area contributed by atoms with Crippen molar-refractivity contribution in [1.29, 1.82) is 5.26 Å². The lowest BCUT2D eigenvalue weighted by Gasteiger charge is -2.14. The Hall–Kier alpha value is -4.42. The molecule has 2 aromatic carbocycles. The summed E-state index contributed by atoms with van der Waals surface area (Å²) in [6.07, 6.45) is 1.22. The highest BCUT2D eigenvalue weighted by atomic mass is 16.3. The van der Waals surface area contributed by atoms with Gasteiger partial charge in [0.25, 0.3) is 0 Å². The van der Waals surface area contributed by atoms with E-state index in [4.69, 9.17) is 4.98 Å². The van der Waals surface area contributed by atoms with E-state index >= 15 is 0 Å². The molecule has 0 bridgehead atoms. The Bertz CT molecular complexity index is 1380. The Balaban J connectivity index is 1.88. The number of aromatic nitrogens is 4. The number of aryl methyl sites for hydroxylation is 1. The summed E-state index contributed by atoms with van der Waals surface area (Å²) in [6.45, 7) is 3.99. The van der Waals surface area contributed by atoms with Crippen LogP contribution in [0, 0.1) is 18.3 Å². The number of benzene rings is 2. The maximum Gasteiger partial charge on any atom is 0.162 e. The van der Waals surface area contributed by atoms with E-state index in [1.165, 1.54) is 0 Å². The normalized spacial score (nSPS) is 11.7. The van der Waals surface area contributed by atoms with Crippen molar-refractivity contribution >= 4 is 11.5 Å². The molecule has 0 amide bonds. The number of nitrogens with one attached hydrogen (secondary N) is 1. The number of hydrogen-bond donors (Lipinski definition) is 3. The number of nitrogens with zero attached hydrogens (tertiary/aromatic N) is 6. The van der Waals surface area contributed by atoms with E-state index in [9.17, 15) is 15.5 Å². The minimum atomic E-state index is -0.560. The van der Waals surface area contributed by atoms with Gasteiger partial charge in [-0.1, -0.05) is 0 Å². The standard InChI is InChI=1S/C27H29N7O2/c1-17-11-20(13-22(36)12-17)26-23(16-34(32-26)10-9-28)24-14-25(29-15-18(2)35)31-27(30-24)19-5-7-21(8-6-19)33(3)4/h5-8,11-14,16,18,35-36H,10,15H2,1-4H3,(H,29,30,31)/t18-/m0/s1. The molecule has 4 aromatic rings. The van der Waals surface area contributed by atoms with E-state index in [0.29, 0.717) is 40.7 Å². The summed E-state index contributed by atoms with van der Waals surface area (Å²) in [5.74, 6) is 1.20. The van der Waals surface area contributed by atoms with Crippen molar-refractivity contribution in [3.05, 3.63) is 60.3 Å². The molecule has 0 saturated carbocycles. The van der Waals surface area contributed by atoms with Gasteiger partial charge in [-0.3, -0.25) is 4.68 Å². The molecular formula is C27H29N7O2. The molecule has 0 fully saturated rings. The van der Waals surface area contributed by atoms with Gasteiger partial charge in [0, 0.05) is 55.3 Å². The summed E-state index contributed by atoms with van der Waals surface area (Å²) in [5, 5.41) is 37.0. The van der Waals surface area contributed by atoms with Crippen molar-refractivity contribution < 1.29 is 10.2 Å². The summed E-state index contributed by atoms with van der Waals surface area (Å²) < 4.78 is 1.56. The number of aliphatic hydroxyl groups is 1. The van der Waals surface area contributed by atoms with Gasteiger partial charge in [0.1, 0.15) is 23.8 Å². The molecule has 4 rings (SSSR count). The first-order chi connectivity index (χ1) is 17.2. The van der Waals surface area contributed by atoms with Crippen molar-refractivity contribution in [1.82, 2.24) is 19.7 Å². The first kappa shape index (κ1) is 24.7. The van der Waals surface area contributed by atoms with Crippen LogP contribution in [0.1, 0.15) is 12.5 Å². The monoisotopic (exact) mass is 483 g/mol. The number of rotatable bonds is 8. The van der Waals surface area contributed by atoms with Crippen LogP contribution in [0.2, 0.25) is 0 Å². The number of aliphatic hydroxyl groups excluding tert-OH is 1. The molecule has 0 aliphatic heterocycles. The molecule has 184 valence electrons. The second kappa shape index (κ2) is 10.5. The first-order valence-corrected chi connectivity index (χ1v) is 11.6. The third-order valence-electron chi connectivity index (χ3n) is 5.55. The molecule has 2 heterocycles. The zero-order valence-corrected chi connectivity index (χ0v) is 20.8. The molecule has 0 spiro atoms. The van der Waals surface area contributed by atoms with Crippen LogP contribution in [0.5, 0.6) is 5.75 Å². The minimum Gasteiger partial charge on any atom is -0.508 e. The van der Waals surface area contributed by atoms with E-state index < -0.39 is 6.10 Å². The lowest BCUT2D eigenvalue weighted by atomic mass is 10.0. The smallest absolute Gasteiger partial charge is 0.162 e. The molecule has 0 unspecified atom stereocenters. The zero-order valence-electron chi connectivity index (χ0n) is 20.8. The Kier molecular flexibility index (Phi) is 7.17. The number of anilines is 2. The third-order valence-corrected chi connectivity index (χ3v) is 5.55. The van der Waals surface area contributed by atoms with Crippen molar-refractivity contribution in [3.8, 4) is 45.7 Å². The Morgan fingerprint density at radius 1 is 1.08 bits per heavy atom. The maximum atomic E-state index is 10.2. The lowest BCUT2D eigenvalue weighted by Crippen LogP contribution is -2.16. The molecule has 2 aromatic heterocycles. The number of phenols is 1. The van der Waals surface area contributed by atoms with Gasteiger partial charge in [-0.15, -0.1) is 0 Å². The molecule has 0 saturated heterocycles. The molecule has 9 heteroatoms. The molecule has 1 atom stereocenters. The number of aromatic hydroxyl groups is 1. The summed E-state index contributed by atoms with van der Waals surface area (Å²) >= 11 is 0. The topological polar surface area (TPSA) is 123 Å². The van der Waals surface area contributed by atoms with Gasteiger partial charge in [0.15, 0.2) is 5.82 Å². The van der Waals surface area contributed by atoms with E-state index in [1.54, 1.807) is 36.0 Å². The fourth-order valence-electron chi connectivity index (χ4n) is 3.84. The van der Waals surface area contributed by atoms with E-state index in [-0.39, 0.29) is 12.3 Å². The summed E-state index contributed by atoms with van der Waals surface area (Å²) in [6, 6.07) is 17.1. The van der Waals surface area contributed by atoms with Gasteiger partial charge in [-0.05, 0) is 61.9 Å².